The largest absolute Gasteiger partial charge is 0.0654 e. The highest BCUT2D eigenvalue weighted by Crippen LogP contribution is 2.57. The molecule has 0 nitrogen and oxygen atoms in total. The van der Waals surface area contributed by atoms with Crippen LogP contribution < -0.4 is 0 Å². The summed E-state index contributed by atoms with van der Waals surface area (Å²) in [6, 6.07) is 0. The van der Waals surface area contributed by atoms with E-state index >= 15 is 0 Å². The van der Waals surface area contributed by atoms with Gasteiger partial charge < -0.3 is 0 Å². The van der Waals surface area contributed by atoms with Crippen LogP contribution in [0.1, 0.15) is 77.6 Å². The van der Waals surface area contributed by atoms with Gasteiger partial charge in [0.05, 0.1) is 0 Å². The molecule has 0 N–H and O–H groups in total. The fourth-order valence-electron chi connectivity index (χ4n) is 3.73. The van der Waals surface area contributed by atoms with Crippen molar-refractivity contribution in [2.75, 3.05) is 0 Å². The van der Waals surface area contributed by atoms with Crippen LogP contribution >= 0.6 is 0 Å². The van der Waals surface area contributed by atoms with Crippen molar-refractivity contribution in [1.82, 2.24) is 0 Å². The molecule has 1 unspecified atom stereocenters. The van der Waals surface area contributed by atoms with Gasteiger partial charge in [-0.05, 0) is 37.0 Å². The fraction of sp³-hybridized carbons (Fsp3) is 1.00. The summed E-state index contributed by atoms with van der Waals surface area (Å²) >= 11 is 0. The Balaban J connectivity index is 1.45. The second-order valence-electron chi connectivity index (χ2n) is 5.83. The molecule has 0 heterocycles. The number of fused-ring (bicyclic) bond motifs is 1. The number of hydrogen-bond acceptors (Lipinski definition) is 0. The Kier molecular flexibility index (Phi) is 4.53. The minimum absolute atomic E-state index is 1.18. The molecule has 0 bridgehead atoms. The van der Waals surface area contributed by atoms with Gasteiger partial charge >= 0.3 is 0 Å². The smallest absolute Gasteiger partial charge is 0.0352 e. The first-order chi connectivity index (χ1) is 7.43. The van der Waals surface area contributed by atoms with Crippen molar-refractivity contribution >= 4 is 0 Å². The van der Waals surface area contributed by atoms with Crippen molar-refractivity contribution in [2.45, 2.75) is 77.6 Å². The van der Waals surface area contributed by atoms with Crippen molar-refractivity contribution in [3.8, 4) is 0 Å². The second-order valence-corrected chi connectivity index (χ2v) is 5.83. The molecule has 0 aromatic heterocycles. The van der Waals surface area contributed by atoms with Gasteiger partial charge in [0.25, 0.3) is 0 Å². The lowest BCUT2D eigenvalue weighted by Gasteiger charge is -2.05. The molecule has 0 aromatic carbocycles. The normalized spacial score (nSPS) is 33.8. The summed E-state index contributed by atoms with van der Waals surface area (Å²) in [4.78, 5) is 0. The zero-order chi connectivity index (χ0) is 10.5. The SMILES string of the molecule is CCCCCCCCC1[C@H]2CCCC[C@@H]12. The van der Waals surface area contributed by atoms with Crippen LogP contribution in [0.15, 0.2) is 0 Å². The van der Waals surface area contributed by atoms with Gasteiger partial charge in [0, 0.05) is 0 Å². The van der Waals surface area contributed by atoms with Gasteiger partial charge in [0.1, 0.15) is 0 Å². The summed E-state index contributed by atoms with van der Waals surface area (Å²) in [5.41, 5.74) is 0. The van der Waals surface area contributed by atoms with E-state index in [0.29, 0.717) is 0 Å². The lowest BCUT2D eigenvalue weighted by atomic mass is 10.0. The predicted molar refractivity (Wildman–Crippen MR) is 66.9 cm³/mol. The highest BCUT2D eigenvalue weighted by Gasteiger charge is 2.49. The molecule has 0 amide bonds. The summed E-state index contributed by atoms with van der Waals surface area (Å²) in [7, 11) is 0. The Morgan fingerprint density at radius 3 is 2.07 bits per heavy atom. The summed E-state index contributed by atoms with van der Waals surface area (Å²) in [5.74, 6) is 3.56. The second kappa shape index (κ2) is 5.92. The average molecular weight is 208 g/mol. The molecule has 2 fully saturated rings. The Morgan fingerprint density at radius 2 is 1.40 bits per heavy atom. The van der Waals surface area contributed by atoms with E-state index in [0.717, 1.165) is 0 Å². The van der Waals surface area contributed by atoms with E-state index < -0.39 is 0 Å². The maximum absolute atomic E-state index is 2.30. The van der Waals surface area contributed by atoms with E-state index in [-0.39, 0.29) is 0 Å². The lowest BCUT2D eigenvalue weighted by molar-refractivity contribution is 0.480. The number of unbranched alkanes of at least 4 members (excludes halogenated alkanes) is 5. The average Bonchev–Trinajstić information content (AvgIpc) is 2.97. The van der Waals surface area contributed by atoms with Crippen LogP contribution in [0.4, 0.5) is 0 Å². The van der Waals surface area contributed by atoms with Crippen LogP contribution in [0.5, 0.6) is 0 Å². The van der Waals surface area contributed by atoms with E-state index in [1.54, 1.807) is 19.3 Å². The zero-order valence-electron chi connectivity index (χ0n) is 10.5. The van der Waals surface area contributed by atoms with Gasteiger partial charge in [-0.2, -0.15) is 0 Å². The molecular weight excluding hydrogens is 180 g/mol. The van der Waals surface area contributed by atoms with E-state index in [9.17, 15) is 0 Å². The maximum atomic E-state index is 2.30. The predicted octanol–water partition coefficient (Wildman–Crippen LogP) is 5.17. The van der Waals surface area contributed by atoms with Gasteiger partial charge in [-0.15, -0.1) is 0 Å². The van der Waals surface area contributed by atoms with Crippen LogP contribution in [-0.2, 0) is 0 Å². The molecule has 2 rings (SSSR count). The first-order valence-electron chi connectivity index (χ1n) is 7.43. The van der Waals surface area contributed by atoms with Crippen molar-refractivity contribution in [3.05, 3.63) is 0 Å². The molecule has 0 saturated heterocycles. The van der Waals surface area contributed by atoms with Crippen LogP contribution in [0.25, 0.3) is 0 Å². The van der Waals surface area contributed by atoms with Crippen LogP contribution in [0, 0.1) is 17.8 Å². The van der Waals surface area contributed by atoms with Crippen molar-refractivity contribution in [2.24, 2.45) is 17.8 Å². The molecule has 0 aromatic rings. The molecule has 0 heteroatoms. The Hall–Kier alpha value is 0. The number of rotatable bonds is 7. The van der Waals surface area contributed by atoms with Gasteiger partial charge in [-0.1, -0.05) is 58.3 Å². The summed E-state index contributed by atoms with van der Waals surface area (Å²) in [5, 5.41) is 0. The highest BCUT2D eigenvalue weighted by atomic mass is 14.5. The quantitative estimate of drug-likeness (QED) is 0.506. The minimum Gasteiger partial charge on any atom is -0.0654 e. The fourth-order valence-corrected chi connectivity index (χ4v) is 3.73. The third kappa shape index (κ3) is 3.23. The van der Waals surface area contributed by atoms with E-state index in [1.165, 1.54) is 69.1 Å². The van der Waals surface area contributed by atoms with Gasteiger partial charge in [-0.3, -0.25) is 0 Å². The van der Waals surface area contributed by atoms with Crippen LogP contribution in [0.2, 0.25) is 0 Å². The molecule has 3 atom stereocenters. The first-order valence-corrected chi connectivity index (χ1v) is 7.43. The number of hydrogen-bond donors (Lipinski definition) is 0. The van der Waals surface area contributed by atoms with E-state index in [4.69, 9.17) is 0 Å². The van der Waals surface area contributed by atoms with Gasteiger partial charge in [0.15, 0.2) is 0 Å². The zero-order valence-corrected chi connectivity index (χ0v) is 10.5. The van der Waals surface area contributed by atoms with E-state index in [2.05, 4.69) is 6.92 Å². The van der Waals surface area contributed by atoms with Gasteiger partial charge in [-0.25, -0.2) is 0 Å². The third-order valence-corrected chi connectivity index (χ3v) is 4.72. The summed E-state index contributed by atoms with van der Waals surface area (Å²) in [6.07, 6.45) is 16.6. The molecule has 2 aliphatic rings. The molecule has 2 aliphatic carbocycles. The van der Waals surface area contributed by atoms with Crippen molar-refractivity contribution in [3.63, 3.8) is 0 Å². The third-order valence-electron chi connectivity index (χ3n) is 4.72. The molecule has 0 aliphatic heterocycles. The monoisotopic (exact) mass is 208 g/mol. The lowest BCUT2D eigenvalue weighted by Crippen LogP contribution is -1.91. The van der Waals surface area contributed by atoms with Crippen LogP contribution in [0.3, 0.4) is 0 Å². The molecule has 0 radical (unpaired) electrons. The first kappa shape index (κ1) is 11.5. The molecular formula is C15H28. The summed E-state index contributed by atoms with van der Waals surface area (Å²) < 4.78 is 0. The standard InChI is InChI=1S/C15H28/c1-2-3-4-5-6-7-10-13-14-11-8-9-12-15(13)14/h13-15H,2-12H2,1H3/t13?,14-,15+. The van der Waals surface area contributed by atoms with Gasteiger partial charge in [0.2, 0.25) is 0 Å². The molecule has 88 valence electrons. The molecule has 2 saturated carbocycles. The Bertz CT molecular complexity index is 161. The van der Waals surface area contributed by atoms with Crippen molar-refractivity contribution in [1.29, 1.82) is 0 Å². The van der Waals surface area contributed by atoms with Crippen molar-refractivity contribution < 1.29 is 0 Å². The molecule has 15 heavy (non-hydrogen) atoms. The summed E-state index contributed by atoms with van der Waals surface area (Å²) in [6.45, 7) is 2.30. The minimum atomic E-state index is 1.18. The Morgan fingerprint density at radius 1 is 0.800 bits per heavy atom. The topological polar surface area (TPSA) is 0 Å². The highest BCUT2D eigenvalue weighted by molar-refractivity contribution is 4.98. The maximum Gasteiger partial charge on any atom is -0.0352 e. The Labute approximate surface area is 95.8 Å². The van der Waals surface area contributed by atoms with E-state index in [1.807, 2.05) is 0 Å². The van der Waals surface area contributed by atoms with Crippen LogP contribution in [-0.4, -0.2) is 0 Å². The molecule has 0 spiro atoms.